The van der Waals surface area contributed by atoms with E-state index in [1.807, 2.05) is 24.3 Å². The molecule has 1 N–H and O–H groups in total. The molecule has 4 aromatic rings. The monoisotopic (exact) mass is 461 g/mol. The van der Waals surface area contributed by atoms with Gasteiger partial charge in [0, 0.05) is 29.7 Å². The number of benzene rings is 2. The quantitative estimate of drug-likeness (QED) is 0.381. The van der Waals surface area contributed by atoms with Gasteiger partial charge in [0.15, 0.2) is 0 Å². The van der Waals surface area contributed by atoms with Gasteiger partial charge >= 0.3 is 5.97 Å². The Morgan fingerprint density at radius 2 is 1.85 bits per heavy atom. The lowest BCUT2D eigenvalue weighted by atomic mass is 10.0. The molecule has 0 saturated heterocycles. The number of pyridine rings is 1. The number of rotatable bonds is 7. The maximum Gasteiger partial charge on any atom is 0.337 e. The van der Waals surface area contributed by atoms with Crippen LogP contribution in [0.5, 0.6) is 11.5 Å². The van der Waals surface area contributed by atoms with Crippen LogP contribution in [0, 0.1) is 0 Å². The van der Waals surface area contributed by atoms with E-state index in [9.17, 15) is 9.59 Å². The second-order valence-electron chi connectivity index (χ2n) is 7.74. The molecular weight excluding hydrogens is 438 g/mol. The van der Waals surface area contributed by atoms with Crippen LogP contribution in [0.4, 0.5) is 0 Å². The second kappa shape index (κ2) is 9.79. The first-order valence-corrected chi connectivity index (χ1v) is 11.3. The highest BCUT2D eigenvalue weighted by Gasteiger charge is 2.14. The molecule has 2 aromatic carbocycles. The topological polar surface area (TPSA) is 94.2 Å². The van der Waals surface area contributed by atoms with Gasteiger partial charge in [-0.2, -0.15) is 0 Å². The van der Waals surface area contributed by atoms with Gasteiger partial charge in [0.05, 0.1) is 12.7 Å². The van der Waals surface area contributed by atoms with Crippen LogP contribution in [-0.4, -0.2) is 28.3 Å². The van der Waals surface area contributed by atoms with E-state index >= 15 is 0 Å². The summed E-state index contributed by atoms with van der Waals surface area (Å²) in [6, 6.07) is 16.1. The lowest BCUT2D eigenvalue weighted by Gasteiger charge is -2.13. The largest absolute Gasteiger partial charge is 0.465 e. The van der Waals surface area contributed by atoms with Crippen molar-refractivity contribution in [3.8, 4) is 22.1 Å². The van der Waals surface area contributed by atoms with Crippen LogP contribution in [0.2, 0.25) is 0 Å². The Bertz CT molecular complexity index is 1330. The van der Waals surface area contributed by atoms with Crippen molar-refractivity contribution < 1.29 is 14.3 Å². The minimum absolute atomic E-state index is 0.164. The van der Waals surface area contributed by atoms with Crippen molar-refractivity contribution in [2.45, 2.75) is 26.2 Å². The molecule has 0 atom stereocenters. The molecule has 0 radical (unpaired) electrons. The third kappa shape index (κ3) is 5.18. The van der Waals surface area contributed by atoms with Gasteiger partial charge in [0.1, 0.15) is 21.5 Å². The highest BCUT2D eigenvalue weighted by molar-refractivity contribution is 7.14. The number of aromatic nitrogens is 3. The summed E-state index contributed by atoms with van der Waals surface area (Å²) in [5.41, 5.74) is 2.52. The Hall–Kier alpha value is -3.78. The summed E-state index contributed by atoms with van der Waals surface area (Å²) in [6.07, 6.45) is 1.95. The smallest absolute Gasteiger partial charge is 0.337 e. The van der Waals surface area contributed by atoms with Gasteiger partial charge in [0.2, 0.25) is 0 Å². The van der Waals surface area contributed by atoms with E-state index in [0.29, 0.717) is 35.0 Å². The number of aromatic amines is 1. The minimum Gasteiger partial charge on any atom is -0.465 e. The maximum absolute atomic E-state index is 12.2. The molecule has 0 fully saturated rings. The molecule has 0 amide bonds. The predicted molar refractivity (Wildman–Crippen MR) is 127 cm³/mol. The van der Waals surface area contributed by atoms with Crippen molar-refractivity contribution >= 4 is 17.3 Å². The lowest BCUT2D eigenvalue weighted by Crippen LogP contribution is -2.12. The van der Waals surface area contributed by atoms with Crippen molar-refractivity contribution in [3.63, 3.8) is 0 Å². The van der Waals surface area contributed by atoms with E-state index in [4.69, 9.17) is 9.47 Å². The van der Waals surface area contributed by atoms with Gasteiger partial charge in [-0.15, -0.1) is 10.2 Å². The number of hydrogen-bond acceptors (Lipinski definition) is 7. The molecule has 0 aliphatic rings. The molecule has 4 rings (SSSR count). The number of nitrogens with zero attached hydrogens (tertiary/aromatic N) is 2. The molecule has 8 heteroatoms. The molecule has 168 valence electrons. The van der Waals surface area contributed by atoms with Crippen LogP contribution in [-0.2, 0) is 11.2 Å². The zero-order valence-corrected chi connectivity index (χ0v) is 19.3. The zero-order valence-electron chi connectivity index (χ0n) is 18.5. The minimum atomic E-state index is -0.462. The van der Waals surface area contributed by atoms with E-state index in [2.05, 4.69) is 29.0 Å². The third-order valence-electron chi connectivity index (χ3n) is 5.03. The summed E-state index contributed by atoms with van der Waals surface area (Å²) in [5.74, 6) is 0.942. The molecule has 2 heterocycles. The van der Waals surface area contributed by atoms with Crippen LogP contribution in [0.3, 0.4) is 0 Å². The first kappa shape index (κ1) is 22.4. The normalized spacial score (nSPS) is 10.9. The van der Waals surface area contributed by atoms with Crippen molar-refractivity contribution in [2.75, 3.05) is 7.11 Å². The molecule has 0 saturated carbocycles. The van der Waals surface area contributed by atoms with E-state index < -0.39 is 5.97 Å². The van der Waals surface area contributed by atoms with Gasteiger partial charge in [0.25, 0.3) is 5.56 Å². The third-order valence-corrected chi connectivity index (χ3v) is 6.31. The molecule has 0 aliphatic heterocycles. The van der Waals surface area contributed by atoms with Gasteiger partial charge < -0.3 is 14.5 Å². The number of carbonyl (C=O) groups is 1. The van der Waals surface area contributed by atoms with Crippen molar-refractivity contribution in [1.82, 2.24) is 15.2 Å². The molecule has 0 bridgehead atoms. The van der Waals surface area contributed by atoms with Gasteiger partial charge in [-0.25, -0.2) is 4.79 Å². The van der Waals surface area contributed by atoms with E-state index in [0.717, 1.165) is 21.1 Å². The summed E-state index contributed by atoms with van der Waals surface area (Å²) in [5, 5.41) is 10.4. The fraction of sp³-hybridized carbons (Fsp3) is 0.200. The highest BCUT2D eigenvalue weighted by Crippen LogP contribution is 2.32. The average Bonchev–Trinajstić information content (AvgIpc) is 3.32. The van der Waals surface area contributed by atoms with Crippen LogP contribution < -0.4 is 10.3 Å². The first-order chi connectivity index (χ1) is 15.9. The molecular formula is C25H23N3O4S. The first-order valence-electron chi connectivity index (χ1n) is 10.4. The summed E-state index contributed by atoms with van der Waals surface area (Å²) in [6.45, 7) is 4.18. The Morgan fingerprint density at radius 3 is 2.52 bits per heavy atom. The fourth-order valence-electron chi connectivity index (χ4n) is 3.22. The SMILES string of the molecule is COC(=O)c1ccc(Cc2ccc[nH]c2=O)c(Oc2ccc(-c3nnc(C(C)C)s3)cc2)c1. The van der Waals surface area contributed by atoms with Crippen LogP contribution in [0.15, 0.2) is 65.6 Å². The zero-order chi connectivity index (χ0) is 23.4. The number of nitrogens with one attached hydrogen (secondary N) is 1. The van der Waals surface area contributed by atoms with Crippen molar-refractivity contribution in [2.24, 2.45) is 0 Å². The molecule has 33 heavy (non-hydrogen) atoms. The van der Waals surface area contributed by atoms with Gasteiger partial charge in [-0.05, 0) is 48.0 Å². The predicted octanol–water partition coefficient (Wildman–Crippen LogP) is 5.19. The van der Waals surface area contributed by atoms with Crippen molar-refractivity contribution in [1.29, 1.82) is 0 Å². The number of esters is 1. The summed E-state index contributed by atoms with van der Waals surface area (Å²) < 4.78 is 11.0. The number of H-pyrrole nitrogens is 1. The van der Waals surface area contributed by atoms with E-state index in [-0.39, 0.29) is 5.56 Å². The fourth-order valence-corrected chi connectivity index (χ4v) is 4.07. The Kier molecular flexibility index (Phi) is 6.65. The van der Waals surface area contributed by atoms with Crippen molar-refractivity contribution in [3.05, 3.63) is 92.8 Å². The standard InChI is InChI=1S/C25H23N3O4S/c1-15(2)23-27-28-24(33-23)16-8-10-20(11-9-16)32-21-14-19(25(30)31-3)7-6-17(21)13-18-5-4-12-26-22(18)29/h4-12,14-15H,13H2,1-3H3,(H,26,29). The highest BCUT2D eigenvalue weighted by atomic mass is 32.1. The lowest BCUT2D eigenvalue weighted by molar-refractivity contribution is 0.0600. The average molecular weight is 462 g/mol. The molecule has 0 aliphatic carbocycles. The Balaban J connectivity index is 1.63. The molecule has 0 unspecified atom stereocenters. The van der Waals surface area contributed by atoms with Gasteiger partial charge in [-0.1, -0.05) is 37.3 Å². The summed E-state index contributed by atoms with van der Waals surface area (Å²) in [7, 11) is 1.33. The summed E-state index contributed by atoms with van der Waals surface area (Å²) >= 11 is 1.57. The van der Waals surface area contributed by atoms with E-state index in [1.54, 1.807) is 47.9 Å². The van der Waals surface area contributed by atoms with Gasteiger partial charge in [-0.3, -0.25) is 4.79 Å². The molecule has 7 nitrogen and oxygen atoms in total. The molecule has 2 aromatic heterocycles. The number of carbonyl (C=O) groups excluding carboxylic acids is 1. The van der Waals surface area contributed by atoms with Crippen LogP contribution in [0.25, 0.3) is 10.6 Å². The Morgan fingerprint density at radius 1 is 1.06 bits per heavy atom. The summed E-state index contributed by atoms with van der Waals surface area (Å²) in [4.78, 5) is 26.9. The number of ether oxygens (including phenoxy) is 2. The van der Waals surface area contributed by atoms with Crippen LogP contribution in [0.1, 0.15) is 46.3 Å². The van der Waals surface area contributed by atoms with Crippen LogP contribution >= 0.6 is 11.3 Å². The van der Waals surface area contributed by atoms with E-state index in [1.165, 1.54) is 7.11 Å². The molecule has 0 spiro atoms. The Labute approximate surface area is 195 Å². The second-order valence-corrected chi connectivity index (χ2v) is 8.75. The number of hydrogen-bond donors (Lipinski definition) is 1. The maximum atomic E-state index is 12.2. The number of methoxy groups -OCH3 is 1.